The monoisotopic (exact) mass is 319 g/mol. The van der Waals surface area contributed by atoms with Gasteiger partial charge in [0.25, 0.3) is 0 Å². The van der Waals surface area contributed by atoms with Crippen molar-refractivity contribution in [1.29, 1.82) is 5.26 Å². The summed E-state index contributed by atoms with van der Waals surface area (Å²) in [4.78, 5) is 29.5. The molecule has 1 aromatic heterocycles. The summed E-state index contributed by atoms with van der Waals surface area (Å²) in [7, 11) is 0. The molecule has 0 aromatic carbocycles. The number of hydrogen-bond donors (Lipinski definition) is 0. The van der Waals surface area contributed by atoms with Crippen molar-refractivity contribution < 1.29 is 14.5 Å². The molecule has 0 aliphatic carbocycles. The highest BCUT2D eigenvalue weighted by Gasteiger charge is 2.29. The second kappa shape index (κ2) is 6.08. The van der Waals surface area contributed by atoms with Crippen molar-refractivity contribution in [2.24, 2.45) is 0 Å². The molecule has 0 radical (unpaired) electrons. The Kier molecular flexibility index (Phi) is 4.36. The largest absolute Gasteiger partial charge is 0.444 e. The first kappa shape index (κ1) is 16.5. The standard InChI is InChI=1S/C14H17N5O4/c1-14(2,3)23-13(20)18-7-6-17(9-18)12-5-4-11(19(21)22)10(8-15)16-12/h4-5H,6-7,9H2,1-3H3. The molecule has 0 spiro atoms. The lowest BCUT2D eigenvalue weighted by molar-refractivity contribution is -0.385. The van der Waals surface area contributed by atoms with Crippen LogP contribution >= 0.6 is 0 Å². The number of pyridine rings is 1. The molecule has 1 fully saturated rings. The molecule has 2 heterocycles. The van der Waals surface area contributed by atoms with Crippen molar-refractivity contribution in [1.82, 2.24) is 9.88 Å². The number of carbonyl (C=O) groups excluding carboxylic acids is 1. The Bertz CT molecular complexity index is 677. The highest BCUT2D eigenvalue weighted by molar-refractivity contribution is 5.69. The van der Waals surface area contributed by atoms with Crippen LogP contribution in [0.25, 0.3) is 0 Å². The van der Waals surface area contributed by atoms with E-state index in [0.29, 0.717) is 18.9 Å². The SMILES string of the molecule is CC(C)(C)OC(=O)N1CCN(c2ccc([N+](=O)[O-])c(C#N)n2)C1. The van der Waals surface area contributed by atoms with Crippen molar-refractivity contribution in [3.05, 3.63) is 27.9 Å². The van der Waals surface area contributed by atoms with Crippen molar-refractivity contribution >= 4 is 17.6 Å². The fourth-order valence-corrected chi connectivity index (χ4v) is 2.10. The van der Waals surface area contributed by atoms with E-state index >= 15 is 0 Å². The topological polar surface area (TPSA) is 113 Å². The predicted molar refractivity (Wildman–Crippen MR) is 80.8 cm³/mol. The minimum Gasteiger partial charge on any atom is -0.444 e. The van der Waals surface area contributed by atoms with Crippen LogP contribution in [0.4, 0.5) is 16.3 Å². The zero-order valence-corrected chi connectivity index (χ0v) is 13.1. The van der Waals surface area contributed by atoms with Crippen LogP contribution in [-0.2, 0) is 4.74 Å². The Morgan fingerprint density at radius 1 is 1.43 bits per heavy atom. The van der Waals surface area contributed by atoms with Gasteiger partial charge in [0, 0.05) is 19.2 Å². The van der Waals surface area contributed by atoms with Crippen molar-refractivity contribution in [3.8, 4) is 6.07 Å². The molecule has 0 N–H and O–H groups in total. The summed E-state index contributed by atoms with van der Waals surface area (Å²) < 4.78 is 5.30. The van der Waals surface area contributed by atoms with E-state index in [1.807, 2.05) is 0 Å². The normalized spacial score (nSPS) is 14.5. The summed E-state index contributed by atoms with van der Waals surface area (Å²) in [6.07, 6.45) is -0.428. The predicted octanol–water partition coefficient (Wildman–Crippen LogP) is 1.88. The first-order valence-corrected chi connectivity index (χ1v) is 6.99. The molecule has 23 heavy (non-hydrogen) atoms. The summed E-state index contributed by atoms with van der Waals surface area (Å²) in [6, 6.07) is 4.44. The maximum Gasteiger partial charge on any atom is 0.411 e. The molecule has 1 amide bonds. The Hall–Kier alpha value is -2.89. The summed E-state index contributed by atoms with van der Waals surface area (Å²) in [5.74, 6) is 0.415. The van der Waals surface area contributed by atoms with E-state index in [0.717, 1.165) is 0 Å². The van der Waals surface area contributed by atoms with Crippen LogP contribution in [0, 0.1) is 21.4 Å². The first-order valence-electron chi connectivity index (χ1n) is 6.99. The first-order chi connectivity index (χ1) is 10.7. The quantitative estimate of drug-likeness (QED) is 0.604. The zero-order valence-electron chi connectivity index (χ0n) is 13.1. The van der Waals surface area contributed by atoms with Gasteiger partial charge >= 0.3 is 11.8 Å². The van der Waals surface area contributed by atoms with Gasteiger partial charge in [-0.25, -0.2) is 9.78 Å². The van der Waals surface area contributed by atoms with Gasteiger partial charge in [0.1, 0.15) is 17.5 Å². The minimum atomic E-state index is -0.647. The molecule has 9 nitrogen and oxygen atoms in total. The number of nitro groups is 1. The third-order valence-electron chi connectivity index (χ3n) is 3.12. The molecule has 122 valence electrons. The number of amides is 1. The summed E-state index contributed by atoms with van der Waals surface area (Å²) in [5.41, 5.74) is -1.16. The third-order valence-corrected chi connectivity index (χ3v) is 3.12. The van der Waals surface area contributed by atoms with Gasteiger partial charge in [-0.3, -0.25) is 15.0 Å². The lowest BCUT2D eigenvalue weighted by Gasteiger charge is -2.24. The molecule has 2 rings (SSSR count). The molecule has 1 aliphatic heterocycles. The fraction of sp³-hybridized carbons (Fsp3) is 0.500. The molecule has 0 atom stereocenters. The average Bonchev–Trinajstić information content (AvgIpc) is 2.94. The molecular weight excluding hydrogens is 302 g/mol. The number of nitriles is 1. The molecule has 9 heteroatoms. The molecule has 0 saturated carbocycles. The van der Waals surface area contributed by atoms with Crippen molar-refractivity contribution in [2.45, 2.75) is 26.4 Å². The Balaban J connectivity index is 2.12. The Morgan fingerprint density at radius 2 is 2.13 bits per heavy atom. The molecule has 1 saturated heterocycles. The van der Waals surface area contributed by atoms with Crippen LogP contribution in [0.15, 0.2) is 12.1 Å². The van der Waals surface area contributed by atoms with Crippen molar-refractivity contribution in [2.75, 3.05) is 24.7 Å². The van der Waals surface area contributed by atoms with E-state index in [2.05, 4.69) is 4.98 Å². The number of carbonyl (C=O) groups is 1. The lowest BCUT2D eigenvalue weighted by Crippen LogP contribution is -2.36. The highest BCUT2D eigenvalue weighted by Crippen LogP contribution is 2.23. The number of anilines is 1. The number of ether oxygens (including phenoxy) is 1. The fourth-order valence-electron chi connectivity index (χ4n) is 2.10. The van der Waals surface area contributed by atoms with E-state index in [9.17, 15) is 14.9 Å². The molecule has 1 aromatic rings. The minimum absolute atomic E-state index is 0.247. The summed E-state index contributed by atoms with van der Waals surface area (Å²) >= 11 is 0. The zero-order chi connectivity index (χ0) is 17.2. The number of hydrogen-bond acceptors (Lipinski definition) is 7. The van der Waals surface area contributed by atoms with E-state index < -0.39 is 16.6 Å². The summed E-state index contributed by atoms with van der Waals surface area (Å²) in [6.45, 7) is 6.58. The third kappa shape index (κ3) is 3.85. The van der Waals surface area contributed by atoms with Crippen LogP contribution in [-0.4, -0.2) is 46.3 Å². The molecule has 0 bridgehead atoms. The van der Waals surface area contributed by atoms with Gasteiger partial charge in [-0.1, -0.05) is 0 Å². The van der Waals surface area contributed by atoms with Gasteiger partial charge in [0.15, 0.2) is 0 Å². The van der Waals surface area contributed by atoms with E-state index in [1.165, 1.54) is 17.0 Å². The smallest absolute Gasteiger partial charge is 0.411 e. The van der Waals surface area contributed by atoms with Crippen LogP contribution in [0.3, 0.4) is 0 Å². The van der Waals surface area contributed by atoms with E-state index in [4.69, 9.17) is 10.00 Å². The van der Waals surface area contributed by atoms with E-state index in [-0.39, 0.29) is 18.1 Å². The Labute approximate surface area is 133 Å². The van der Waals surface area contributed by atoms with Gasteiger partial charge in [-0.2, -0.15) is 5.26 Å². The van der Waals surface area contributed by atoms with Gasteiger partial charge in [-0.15, -0.1) is 0 Å². The lowest BCUT2D eigenvalue weighted by atomic mass is 10.2. The number of rotatable bonds is 2. The highest BCUT2D eigenvalue weighted by atomic mass is 16.6. The maximum absolute atomic E-state index is 12.0. The van der Waals surface area contributed by atoms with Crippen LogP contribution in [0.2, 0.25) is 0 Å². The number of nitrogens with zero attached hydrogens (tertiary/aromatic N) is 5. The van der Waals surface area contributed by atoms with Gasteiger partial charge in [0.2, 0.25) is 5.69 Å². The van der Waals surface area contributed by atoms with Gasteiger partial charge < -0.3 is 9.64 Å². The van der Waals surface area contributed by atoms with Gasteiger partial charge in [0.05, 0.1) is 11.6 Å². The van der Waals surface area contributed by atoms with Crippen LogP contribution in [0.1, 0.15) is 26.5 Å². The van der Waals surface area contributed by atoms with Gasteiger partial charge in [-0.05, 0) is 26.8 Å². The second-order valence-corrected chi connectivity index (χ2v) is 6.05. The van der Waals surface area contributed by atoms with Crippen LogP contribution in [0.5, 0.6) is 0 Å². The molecule has 1 aliphatic rings. The second-order valence-electron chi connectivity index (χ2n) is 6.05. The molecular formula is C14H17N5O4. The number of aromatic nitrogens is 1. The van der Waals surface area contributed by atoms with Crippen molar-refractivity contribution in [3.63, 3.8) is 0 Å². The summed E-state index contributed by atoms with van der Waals surface area (Å²) in [5, 5.41) is 19.8. The maximum atomic E-state index is 12.0. The Morgan fingerprint density at radius 3 is 2.70 bits per heavy atom. The van der Waals surface area contributed by atoms with E-state index in [1.54, 1.807) is 31.7 Å². The molecule has 0 unspecified atom stereocenters. The van der Waals surface area contributed by atoms with Crippen LogP contribution < -0.4 is 4.90 Å². The average molecular weight is 319 g/mol.